The number of likely N-dealkylation sites (N-methyl/N-ethyl adjacent to an activating group) is 1. The SMILES string of the molecule is CN(C)CCN1c2ccccc2C=CC(NC(=O)CCc2ccc(Cl)cc2Cl)N1[O-]. The third-order valence-electron chi connectivity index (χ3n) is 4.85. The normalized spacial score (nSPS) is 16.5. The fraction of sp³-hybridized carbons (Fsp3) is 0.318. The van der Waals surface area contributed by atoms with Crippen LogP contribution in [0.15, 0.2) is 48.5 Å². The number of anilines is 1. The second-order valence-corrected chi connectivity index (χ2v) is 8.24. The minimum atomic E-state index is -0.798. The van der Waals surface area contributed by atoms with E-state index in [9.17, 15) is 10.0 Å². The summed E-state index contributed by atoms with van der Waals surface area (Å²) in [6.45, 7) is 1.20. The van der Waals surface area contributed by atoms with Crippen LogP contribution in [0.4, 0.5) is 5.69 Å². The molecule has 1 heterocycles. The largest absolute Gasteiger partial charge is 0.765 e. The zero-order valence-corrected chi connectivity index (χ0v) is 18.5. The lowest BCUT2D eigenvalue weighted by molar-refractivity contribution is -0.122. The number of halogens is 2. The number of hydrogen-bond acceptors (Lipinski definition) is 5. The van der Waals surface area contributed by atoms with E-state index in [4.69, 9.17) is 23.2 Å². The molecule has 0 saturated heterocycles. The van der Waals surface area contributed by atoms with Crippen molar-refractivity contribution in [1.82, 2.24) is 15.4 Å². The van der Waals surface area contributed by atoms with Crippen LogP contribution >= 0.6 is 23.2 Å². The summed E-state index contributed by atoms with van der Waals surface area (Å²) < 4.78 is 0. The number of nitrogens with one attached hydrogen (secondary N) is 1. The van der Waals surface area contributed by atoms with Gasteiger partial charge in [0.1, 0.15) is 6.17 Å². The number of carbonyl (C=O) groups is 1. The summed E-state index contributed by atoms with van der Waals surface area (Å²) in [6.07, 6.45) is 3.46. The van der Waals surface area contributed by atoms with Gasteiger partial charge in [0.15, 0.2) is 0 Å². The predicted molar refractivity (Wildman–Crippen MR) is 123 cm³/mol. The number of benzene rings is 2. The summed E-state index contributed by atoms with van der Waals surface area (Å²) in [5.41, 5.74) is 2.59. The van der Waals surface area contributed by atoms with Crippen LogP contribution in [0.2, 0.25) is 10.0 Å². The molecule has 0 bridgehead atoms. The zero-order valence-electron chi connectivity index (χ0n) is 17.0. The summed E-state index contributed by atoms with van der Waals surface area (Å²) >= 11 is 12.1. The lowest BCUT2D eigenvalue weighted by atomic mass is 10.1. The van der Waals surface area contributed by atoms with Crippen molar-refractivity contribution in [2.24, 2.45) is 0 Å². The van der Waals surface area contributed by atoms with Crippen molar-refractivity contribution in [1.29, 1.82) is 0 Å². The van der Waals surface area contributed by atoms with Gasteiger partial charge in [0, 0.05) is 29.6 Å². The molecule has 0 spiro atoms. The first-order valence-corrected chi connectivity index (χ1v) is 10.5. The van der Waals surface area contributed by atoms with E-state index in [-0.39, 0.29) is 12.3 Å². The summed E-state index contributed by atoms with van der Waals surface area (Å²) in [4.78, 5) is 14.6. The maximum Gasteiger partial charge on any atom is 0.221 e. The Morgan fingerprint density at radius 3 is 2.70 bits per heavy atom. The summed E-state index contributed by atoms with van der Waals surface area (Å²) in [5.74, 6) is -0.227. The minimum Gasteiger partial charge on any atom is -0.765 e. The van der Waals surface area contributed by atoms with E-state index in [1.165, 1.54) is 0 Å². The first-order valence-electron chi connectivity index (χ1n) is 9.74. The highest BCUT2D eigenvalue weighted by molar-refractivity contribution is 6.35. The molecule has 30 heavy (non-hydrogen) atoms. The molecule has 2 aromatic carbocycles. The number of aryl methyl sites for hydroxylation is 1. The van der Waals surface area contributed by atoms with Crippen molar-refractivity contribution in [2.75, 3.05) is 32.2 Å². The van der Waals surface area contributed by atoms with Crippen molar-refractivity contribution in [2.45, 2.75) is 19.0 Å². The number of rotatable bonds is 7. The monoisotopic (exact) mass is 447 g/mol. The fourth-order valence-corrected chi connectivity index (χ4v) is 3.72. The van der Waals surface area contributed by atoms with Crippen LogP contribution in [0.5, 0.6) is 0 Å². The molecule has 6 nitrogen and oxygen atoms in total. The molecule has 8 heteroatoms. The van der Waals surface area contributed by atoms with Gasteiger partial charge in [0.25, 0.3) is 0 Å². The number of hydrazine groups is 1. The molecule has 1 aliphatic rings. The van der Waals surface area contributed by atoms with E-state index in [0.717, 1.165) is 22.0 Å². The van der Waals surface area contributed by atoms with Gasteiger partial charge in [-0.3, -0.25) is 9.97 Å². The van der Waals surface area contributed by atoms with Crippen molar-refractivity contribution in [3.63, 3.8) is 0 Å². The number of para-hydroxylation sites is 1. The van der Waals surface area contributed by atoms with Gasteiger partial charge in [-0.15, -0.1) is 0 Å². The van der Waals surface area contributed by atoms with Gasteiger partial charge in [-0.2, -0.15) is 0 Å². The smallest absolute Gasteiger partial charge is 0.221 e. The molecule has 0 aromatic heterocycles. The van der Waals surface area contributed by atoms with Gasteiger partial charge < -0.3 is 20.4 Å². The number of carbonyl (C=O) groups excluding carboxylic acids is 1. The molecule has 1 aliphatic heterocycles. The molecule has 0 saturated carbocycles. The van der Waals surface area contributed by atoms with E-state index >= 15 is 0 Å². The van der Waals surface area contributed by atoms with Crippen LogP contribution < -0.4 is 10.3 Å². The Morgan fingerprint density at radius 1 is 1.20 bits per heavy atom. The maximum absolute atomic E-state index is 13.1. The Labute approximate surface area is 187 Å². The van der Waals surface area contributed by atoms with Crippen molar-refractivity contribution in [3.8, 4) is 0 Å². The van der Waals surface area contributed by atoms with Crippen molar-refractivity contribution >= 4 is 40.9 Å². The Kier molecular flexibility index (Phi) is 7.75. The molecule has 160 valence electrons. The fourth-order valence-electron chi connectivity index (χ4n) is 3.22. The first kappa shape index (κ1) is 22.6. The highest BCUT2D eigenvalue weighted by Gasteiger charge is 2.22. The van der Waals surface area contributed by atoms with E-state index in [1.807, 2.05) is 55.4 Å². The van der Waals surface area contributed by atoms with Gasteiger partial charge in [0.2, 0.25) is 5.91 Å². The highest BCUT2D eigenvalue weighted by Crippen LogP contribution is 2.27. The molecular formula is C22H25Cl2N4O2-. The molecule has 3 rings (SSSR count). The zero-order chi connectivity index (χ0) is 21.7. The van der Waals surface area contributed by atoms with E-state index in [1.54, 1.807) is 23.2 Å². The van der Waals surface area contributed by atoms with Crippen LogP contribution in [0.1, 0.15) is 17.5 Å². The lowest BCUT2D eigenvalue weighted by Gasteiger charge is -2.45. The van der Waals surface area contributed by atoms with Crippen LogP contribution in [0, 0.1) is 5.21 Å². The Bertz CT molecular complexity index is 920. The van der Waals surface area contributed by atoms with Gasteiger partial charge in [-0.05, 0) is 55.9 Å². The number of amides is 1. The predicted octanol–water partition coefficient (Wildman–Crippen LogP) is 4.18. The molecular weight excluding hydrogens is 423 g/mol. The third kappa shape index (κ3) is 5.74. The number of nitrogens with zero attached hydrogens (tertiary/aromatic N) is 3. The van der Waals surface area contributed by atoms with E-state index in [2.05, 4.69) is 5.32 Å². The minimum absolute atomic E-state index is 0.212. The Balaban J connectivity index is 1.69. The molecule has 1 amide bonds. The third-order valence-corrected chi connectivity index (χ3v) is 5.44. The second kappa shape index (κ2) is 10.3. The number of hydroxylamine groups is 1. The summed E-state index contributed by atoms with van der Waals surface area (Å²) in [5, 5.41) is 19.5. The number of fused-ring (bicyclic) bond motifs is 1. The molecule has 0 aliphatic carbocycles. The van der Waals surface area contributed by atoms with Crippen LogP contribution in [-0.2, 0) is 11.2 Å². The first-order chi connectivity index (χ1) is 14.3. The summed E-state index contributed by atoms with van der Waals surface area (Å²) in [7, 11) is 3.91. The standard InChI is InChI=1S/C22H25Cl2N4O2/c1-26(2)13-14-27-20-6-4-3-5-17(20)8-11-21(28(27)30)25-22(29)12-9-16-7-10-18(23)15-19(16)24/h3-8,10-11,15,21H,9,12-14H2,1-2H3,(H,25,29)/q-1. The van der Waals surface area contributed by atoms with Crippen molar-refractivity contribution in [3.05, 3.63) is 74.9 Å². The second-order valence-electron chi connectivity index (χ2n) is 7.39. The molecule has 1 N–H and O–H groups in total. The molecule has 2 aromatic rings. The van der Waals surface area contributed by atoms with E-state index in [0.29, 0.717) is 29.6 Å². The Morgan fingerprint density at radius 2 is 1.97 bits per heavy atom. The van der Waals surface area contributed by atoms with Gasteiger partial charge in [-0.1, -0.05) is 53.5 Å². The average Bonchev–Trinajstić information content (AvgIpc) is 2.83. The quantitative estimate of drug-likeness (QED) is 0.689. The average molecular weight is 448 g/mol. The van der Waals surface area contributed by atoms with Crippen LogP contribution in [-0.4, -0.2) is 49.3 Å². The van der Waals surface area contributed by atoms with Gasteiger partial charge in [-0.25, -0.2) is 0 Å². The van der Waals surface area contributed by atoms with Crippen LogP contribution in [0.3, 0.4) is 0 Å². The number of hydrogen-bond donors (Lipinski definition) is 1. The van der Waals surface area contributed by atoms with Gasteiger partial charge in [0.05, 0.1) is 5.69 Å². The van der Waals surface area contributed by atoms with Crippen LogP contribution in [0.25, 0.3) is 6.08 Å². The summed E-state index contributed by atoms with van der Waals surface area (Å²) in [6, 6.07) is 12.9. The molecule has 1 atom stereocenters. The Hall–Kier alpha value is -2.09. The molecule has 1 unspecified atom stereocenters. The van der Waals surface area contributed by atoms with E-state index < -0.39 is 6.17 Å². The van der Waals surface area contributed by atoms with Crippen molar-refractivity contribution < 1.29 is 4.79 Å². The highest BCUT2D eigenvalue weighted by atomic mass is 35.5. The molecule has 0 fully saturated rings. The topological polar surface area (TPSA) is 61.9 Å². The van der Waals surface area contributed by atoms with Gasteiger partial charge >= 0.3 is 0 Å². The maximum atomic E-state index is 13.1. The molecule has 0 radical (unpaired) electrons. The lowest BCUT2D eigenvalue weighted by Crippen LogP contribution is -2.53.